The van der Waals surface area contributed by atoms with E-state index in [-0.39, 0.29) is 18.6 Å². The number of ether oxygens (including phenoxy) is 2. The summed E-state index contributed by atoms with van der Waals surface area (Å²) in [5, 5.41) is 6.75. The number of fused-ring (bicyclic) bond motifs is 1. The second kappa shape index (κ2) is 5.89. The maximum atomic E-state index is 11.4. The molecule has 0 saturated heterocycles. The molecule has 3 rings (SSSR count). The summed E-state index contributed by atoms with van der Waals surface area (Å²) in [4.78, 5) is 11.4. The first-order valence-corrected chi connectivity index (χ1v) is 7.18. The highest BCUT2D eigenvalue weighted by Crippen LogP contribution is 2.39. The van der Waals surface area contributed by atoms with Gasteiger partial charge in [0.25, 0.3) is 0 Å². The molecule has 1 aliphatic heterocycles. The molecule has 0 spiro atoms. The fraction of sp³-hybridized carbons (Fsp3) is 0.500. The van der Waals surface area contributed by atoms with Crippen LogP contribution >= 0.6 is 11.6 Å². The van der Waals surface area contributed by atoms with Crippen LogP contribution < -0.4 is 20.1 Å². The maximum absolute atomic E-state index is 11.4. The van der Waals surface area contributed by atoms with Crippen molar-refractivity contribution in [3.63, 3.8) is 0 Å². The lowest BCUT2D eigenvalue weighted by molar-refractivity contribution is -0.122. The summed E-state index contributed by atoms with van der Waals surface area (Å²) in [6.45, 7) is 2.27. The Morgan fingerprint density at radius 1 is 1.30 bits per heavy atom. The number of hydrogen-bond donors (Lipinski definition) is 2. The van der Waals surface area contributed by atoms with Crippen molar-refractivity contribution in [2.24, 2.45) is 5.92 Å². The summed E-state index contributed by atoms with van der Waals surface area (Å²) in [5.74, 6) is 1.75. The molecule has 108 valence electrons. The average molecular weight is 297 g/mol. The Kier molecular flexibility index (Phi) is 3.98. The smallest absolute Gasteiger partial charge is 0.231 e. The largest absolute Gasteiger partial charge is 0.454 e. The Morgan fingerprint density at radius 2 is 2.15 bits per heavy atom. The molecule has 1 aromatic carbocycles. The van der Waals surface area contributed by atoms with Gasteiger partial charge in [-0.1, -0.05) is 11.6 Å². The van der Waals surface area contributed by atoms with Gasteiger partial charge in [0.15, 0.2) is 11.5 Å². The molecule has 1 saturated carbocycles. The highest BCUT2D eigenvalue weighted by Gasteiger charge is 2.28. The van der Waals surface area contributed by atoms with Gasteiger partial charge in [-0.2, -0.15) is 0 Å². The Morgan fingerprint density at radius 3 is 2.95 bits per heavy atom. The zero-order chi connectivity index (χ0) is 13.9. The summed E-state index contributed by atoms with van der Waals surface area (Å²) < 4.78 is 10.6. The highest BCUT2D eigenvalue weighted by molar-refractivity contribution is 6.32. The van der Waals surface area contributed by atoms with E-state index in [0.29, 0.717) is 29.6 Å². The Balaban J connectivity index is 1.42. The predicted molar refractivity (Wildman–Crippen MR) is 75.0 cm³/mol. The molecule has 1 fully saturated rings. The lowest BCUT2D eigenvalue weighted by Crippen LogP contribution is -2.32. The minimum atomic E-state index is 0.179. The quantitative estimate of drug-likeness (QED) is 0.784. The lowest BCUT2D eigenvalue weighted by Gasteiger charge is -2.08. The number of hydrogen-bond acceptors (Lipinski definition) is 4. The highest BCUT2D eigenvalue weighted by atomic mass is 35.5. The normalized spacial score (nSPS) is 16.2. The zero-order valence-electron chi connectivity index (χ0n) is 11.1. The third kappa shape index (κ3) is 3.16. The summed E-state index contributed by atoms with van der Waals surface area (Å²) in [7, 11) is 0. The molecule has 0 bridgehead atoms. The molecule has 1 amide bonds. The molecular formula is C14H17ClN2O3. The molecule has 1 aliphatic carbocycles. The zero-order valence-corrected chi connectivity index (χ0v) is 11.8. The Bertz CT molecular complexity index is 517. The molecule has 0 atom stereocenters. The van der Waals surface area contributed by atoms with E-state index in [9.17, 15) is 4.79 Å². The average Bonchev–Trinajstić information content (AvgIpc) is 3.17. The maximum Gasteiger partial charge on any atom is 0.231 e. The van der Waals surface area contributed by atoms with Crippen LogP contribution in [0.5, 0.6) is 11.5 Å². The molecule has 0 radical (unpaired) electrons. The molecule has 1 heterocycles. The second-order valence-corrected chi connectivity index (χ2v) is 5.46. The van der Waals surface area contributed by atoms with Crippen molar-refractivity contribution in [1.82, 2.24) is 10.6 Å². The van der Waals surface area contributed by atoms with Gasteiger partial charge in [-0.3, -0.25) is 4.79 Å². The Labute approximate surface area is 122 Å². The van der Waals surface area contributed by atoms with Gasteiger partial charge in [0.1, 0.15) is 0 Å². The molecule has 0 aromatic heterocycles. The first kappa shape index (κ1) is 13.5. The SMILES string of the molecule is O=C(NCCNCc1cc(Cl)c2c(c1)OCO2)C1CC1. The van der Waals surface area contributed by atoms with Gasteiger partial charge >= 0.3 is 0 Å². The van der Waals surface area contributed by atoms with Gasteiger partial charge in [-0.15, -0.1) is 0 Å². The minimum absolute atomic E-state index is 0.179. The van der Waals surface area contributed by atoms with Crippen molar-refractivity contribution in [3.05, 3.63) is 22.7 Å². The van der Waals surface area contributed by atoms with E-state index < -0.39 is 0 Å². The number of benzene rings is 1. The van der Waals surface area contributed by atoms with Crippen LogP contribution in [0.1, 0.15) is 18.4 Å². The minimum Gasteiger partial charge on any atom is -0.454 e. The van der Waals surface area contributed by atoms with Crippen molar-refractivity contribution < 1.29 is 14.3 Å². The molecule has 2 aliphatic rings. The van der Waals surface area contributed by atoms with E-state index in [1.165, 1.54) is 0 Å². The second-order valence-electron chi connectivity index (χ2n) is 5.05. The first-order valence-electron chi connectivity index (χ1n) is 6.80. The van der Waals surface area contributed by atoms with Crippen LogP contribution in [0.2, 0.25) is 5.02 Å². The van der Waals surface area contributed by atoms with Crippen LogP contribution in [0.3, 0.4) is 0 Å². The van der Waals surface area contributed by atoms with Crippen LogP contribution in [0.25, 0.3) is 0 Å². The summed E-state index contributed by atoms with van der Waals surface area (Å²) in [5.41, 5.74) is 1.03. The van der Waals surface area contributed by atoms with E-state index in [1.54, 1.807) is 0 Å². The fourth-order valence-corrected chi connectivity index (χ4v) is 2.41. The topological polar surface area (TPSA) is 59.6 Å². The summed E-state index contributed by atoms with van der Waals surface area (Å²) in [6, 6.07) is 3.79. The predicted octanol–water partition coefficient (Wildman–Crippen LogP) is 1.68. The van der Waals surface area contributed by atoms with Crippen molar-refractivity contribution in [2.45, 2.75) is 19.4 Å². The van der Waals surface area contributed by atoms with Crippen molar-refractivity contribution >= 4 is 17.5 Å². The van der Waals surface area contributed by atoms with Crippen LogP contribution in [0.4, 0.5) is 0 Å². The molecule has 2 N–H and O–H groups in total. The Hall–Kier alpha value is -1.46. The number of rotatable bonds is 6. The number of amides is 1. The van der Waals surface area contributed by atoms with Crippen LogP contribution in [-0.4, -0.2) is 25.8 Å². The summed E-state index contributed by atoms with van der Waals surface area (Å²) in [6.07, 6.45) is 2.07. The van der Waals surface area contributed by atoms with E-state index in [1.807, 2.05) is 12.1 Å². The number of halogens is 1. The lowest BCUT2D eigenvalue weighted by atomic mass is 10.2. The van der Waals surface area contributed by atoms with Gasteiger partial charge in [-0.25, -0.2) is 0 Å². The molecule has 0 unspecified atom stereocenters. The third-order valence-electron chi connectivity index (χ3n) is 3.37. The van der Waals surface area contributed by atoms with Crippen molar-refractivity contribution in [2.75, 3.05) is 19.9 Å². The van der Waals surface area contributed by atoms with Crippen LogP contribution in [0, 0.1) is 5.92 Å². The van der Waals surface area contributed by atoms with Gasteiger partial charge in [0.05, 0.1) is 5.02 Å². The standard InChI is InChI=1S/C14H17ClN2O3/c15-11-5-9(6-12-13(11)20-8-19-12)7-16-3-4-17-14(18)10-1-2-10/h5-6,10,16H,1-4,7-8H2,(H,17,18). The van der Waals surface area contributed by atoms with E-state index in [2.05, 4.69) is 10.6 Å². The van der Waals surface area contributed by atoms with Crippen molar-refractivity contribution in [3.8, 4) is 11.5 Å². The molecule has 20 heavy (non-hydrogen) atoms. The number of carbonyl (C=O) groups is 1. The van der Waals surface area contributed by atoms with Gasteiger partial charge < -0.3 is 20.1 Å². The molecule has 6 heteroatoms. The first-order chi connectivity index (χ1) is 9.74. The van der Waals surface area contributed by atoms with E-state index in [0.717, 1.165) is 24.9 Å². The van der Waals surface area contributed by atoms with E-state index in [4.69, 9.17) is 21.1 Å². The van der Waals surface area contributed by atoms with Gasteiger partial charge in [0.2, 0.25) is 12.7 Å². The molecular weight excluding hydrogens is 280 g/mol. The van der Waals surface area contributed by atoms with E-state index >= 15 is 0 Å². The van der Waals surface area contributed by atoms with Crippen LogP contribution in [-0.2, 0) is 11.3 Å². The van der Waals surface area contributed by atoms with Gasteiger partial charge in [0, 0.05) is 25.6 Å². The van der Waals surface area contributed by atoms with Gasteiger partial charge in [-0.05, 0) is 30.5 Å². The summed E-state index contributed by atoms with van der Waals surface area (Å²) >= 11 is 6.11. The monoisotopic (exact) mass is 296 g/mol. The molecule has 5 nitrogen and oxygen atoms in total. The van der Waals surface area contributed by atoms with Crippen LogP contribution in [0.15, 0.2) is 12.1 Å². The third-order valence-corrected chi connectivity index (χ3v) is 3.65. The molecule has 1 aromatic rings. The number of carbonyl (C=O) groups excluding carboxylic acids is 1. The van der Waals surface area contributed by atoms with Crippen molar-refractivity contribution in [1.29, 1.82) is 0 Å². The fourth-order valence-electron chi connectivity index (χ4n) is 2.12. The number of nitrogens with one attached hydrogen (secondary N) is 2.